The van der Waals surface area contributed by atoms with Crippen LogP contribution in [0.1, 0.15) is 12.0 Å². The van der Waals surface area contributed by atoms with E-state index in [9.17, 15) is 13.2 Å². The molecule has 5 nitrogen and oxygen atoms in total. The molecule has 2 aromatic carbocycles. The van der Waals surface area contributed by atoms with Crippen LogP contribution < -0.4 is 5.32 Å². The molecule has 8 heteroatoms. The smallest absolute Gasteiger partial charge is 0.225 e. The maximum Gasteiger partial charge on any atom is 0.225 e. The Hall–Kier alpha value is -2.07. The van der Waals surface area contributed by atoms with Crippen LogP contribution in [0.2, 0.25) is 10.0 Å². The third-order valence-electron chi connectivity index (χ3n) is 3.17. The molecule has 1 amide bonds. The minimum absolute atomic E-state index is 0.00197. The lowest BCUT2D eigenvalue weighted by Crippen LogP contribution is -2.18. The van der Waals surface area contributed by atoms with Gasteiger partial charge in [-0.25, -0.2) is 8.42 Å². The molecule has 0 atom stereocenters. The summed E-state index contributed by atoms with van der Waals surface area (Å²) in [6.07, 6.45) is -0.248. The summed E-state index contributed by atoms with van der Waals surface area (Å²) in [7, 11) is -3.67. The summed E-state index contributed by atoms with van der Waals surface area (Å²) in [5.74, 6) is -0.882. The number of anilines is 1. The quantitative estimate of drug-likeness (QED) is 0.854. The van der Waals surface area contributed by atoms with Crippen molar-refractivity contribution in [1.29, 1.82) is 5.26 Å². The number of hydrogen-bond donors (Lipinski definition) is 1. The van der Waals surface area contributed by atoms with Gasteiger partial charge in [0.05, 0.1) is 31.9 Å². The van der Waals surface area contributed by atoms with E-state index >= 15 is 0 Å². The number of hydrogen-bond acceptors (Lipinski definition) is 4. The van der Waals surface area contributed by atoms with Crippen molar-refractivity contribution in [1.82, 2.24) is 0 Å². The van der Waals surface area contributed by atoms with Gasteiger partial charge in [0.25, 0.3) is 0 Å². The van der Waals surface area contributed by atoms with Crippen LogP contribution in [-0.4, -0.2) is 20.1 Å². The van der Waals surface area contributed by atoms with Gasteiger partial charge in [0, 0.05) is 6.42 Å². The van der Waals surface area contributed by atoms with E-state index in [2.05, 4.69) is 5.32 Å². The molecule has 0 aliphatic rings. The fourth-order valence-electron chi connectivity index (χ4n) is 1.92. The Morgan fingerprint density at radius 1 is 1.12 bits per heavy atom. The van der Waals surface area contributed by atoms with E-state index in [1.165, 1.54) is 18.2 Å². The van der Waals surface area contributed by atoms with E-state index in [0.29, 0.717) is 11.3 Å². The fourth-order valence-corrected chi connectivity index (χ4v) is 3.54. The summed E-state index contributed by atoms with van der Waals surface area (Å²) in [5, 5.41) is 11.9. The number of para-hydroxylation sites is 1. The number of sulfone groups is 1. The highest BCUT2D eigenvalue weighted by molar-refractivity contribution is 7.91. The summed E-state index contributed by atoms with van der Waals surface area (Å²) in [6, 6.07) is 12.4. The number of carbonyl (C=O) groups is 1. The highest BCUT2D eigenvalue weighted by atomic mass is 35.5. The first-order valence-electron chi connectivity index (χ1n) is 6.80. The Morgan fingerprint density at radius 3 is 2.50 bits per heavy atom. The van der Waals surface area contributed by atoms with Gasteiger partial charge in [0.15, 0.2) is 9.84 Å². The minimum atomic E-state index is -3.67. The number of halogens is 2. The topological polar surface area (TPSA) is 87.0 Å². The molecule has 0 aliphatic carbocycles. The lowest BCUT2D eigenvalue weighted by molar-refractivity contribution is -0.115. The zero-order valence-corrected chi connectivity index (χ0v) is 14.6. The monoisotopic (exact) mass is 382 g/mol. The number of nitrogens with zero attached hydrogens (tertiary/aromatic N) is 1. The molecule has 0 radical (unpaired) electrons. The molecule has 0 aliphatic heterocycles. The average Bonchev–Trinajstić information content (AvgIpc) is 2.56. The molecule has 0 saturated carbocycles. The predicted octanol–water partition coefficient (Wildman–Crippen LogP) is 3.67. The van der Waals surface area contributed by atoms with Crippen molar-refractivity contribution in [3.63, 3.8) is 0 Å². The molecule has 0 spiro atoms. The van der Waals surface area contributed by atoms with Crippen LogP contribution in [0.3, 0.4) is 0 Å². The molecule has 24 heavy (non-hydrogen) atoms. The third kappa shape index (κ3) is 4.48. The Morgan fingerprint density at radius 2 is 1.83 bits per heavy atom. The standard InChI is InChI=1S/C16H12Cl2N2O3S/c17-13-6-5-12(9-14(13)18)24(22,23)8-7-16(21)20-15-4-2-1-3-11(15)10-19/h1-6,9H,7-8H2,(H,20,21). The van der Waals surface area contributed by atoms with Crippen molar-refractivity contribution >= 4 is 44.6 Å². The van der Waals surface area contributed by atoms with Crippen LogP contribution in [0.4, 0.5) is 5.69 Å². The van der Waals surface area contributed by atoms with Crippen molar-refractivity contribution in [2.75, 3.05) is 11.1 Å². The number of amides is 1. The zero-order valence-electron chi connectivity index (χ0n) is 12.3. The third-order valence-corrected chi connectivity index (χ3v) is 5.62. The van der Waals surface area contributed by atoms with Gasteiger partial charge in [0.1, 0.15) is 6.07 Å². The van der Waals surface area contributed by atoms with E-state index < -0.39 is 15.7 Å². The Labute approximate surface area is 149 Å². The predicted molar refractivity (Wildman–Crippen MR) is 92.9 cm³/mol. The van der Waals surface area contributed by atoms with Gasteiger partial charge in [-0.05, 0) is 30.3 Å². The second kappa shape index (κ2) is 7.67. The van der Waals surface area contributed by atoms with Crippen molar-refractivity contribution in [3.8, 4) is 6.07 Å². The number of benzene rings is 2. The Bertz CT molecular complexity index is 921. The summed E-state index contributed by atoms with van der Waals surface area (Å²) < 4.78 is 24.5. The maximum atomic E-state index is 12.2. The van der Waals surface area contributed by atoms with Gasteiger partial charge in [-0.3, -0.25) is 4.79 Å². The van der Waals surface area contributed by atoms with Gasteiger partial charge in [0.2, 0.25) is 5.91 Å². The van der Waals surface area contributed by atoms with Crippen molar-refractivity contribution in [2.45, 2.75) is 11.3 Å². The molecule has 0 fully saturated rings. The molecular weight excluding hydrogens is 371 g/mol. The summed E-state index contributed by atoms with van der Waals surface area (Å²) in [5.41, 5.74) is 0.648. The van der Waals surface area contributed by atoms with E-state index in [1.807, 2.05) is 6.07 Å². The second-order valence-corrected chi connectivity index (χ2v) is 7.77. The first-order valence-corrected chi connectivity index (χ1v) is 9.21. The van der Waals surface area contributed by atoms with Gasteiger partial charge in [-0.2, -0.15) is 5.26 Å². The molecule has 0 bridgehead atoms. The largest absolute Gasteiger partial charge is 0.325 e. The summed E-state index contributed by atoms with van der Waals surface area (Å²) >= 11 is 11.6. The van der Waals surface area contributed by atoms with Crippen LogP contribution in [0.5, 0.6) is 0 Å². The van der Waals surface area contributed by atoms with Gasteiger partial charge in [-0.15, -0.1) is 0 Å². The molecular formula is C16H12Cl2N2O3S. The Balaban J connectivity index is 2.05. The summed E-state index contributed by atoms with van der Waals surface area (Å²) in [6.45, 7) is 0. The molecule has 2 aromatic rings. The van der Waals surface area contributed by atoms with E-state index in [-0.39, 0.29) is 27.1 Å². The zero-order chi connectivity index (χ0) is 17.7. The van der Waals surface area contributed by atoms with Crippen LogP contribution >= 0.6 is 23.2 Å². The highest BCUT2D eigenvalue weighted by Gasteiger charge is 2.18. The lowest BCUT2D eigenvalue weighted by Gasteiger charge is -2.08. The molecule has 124 valence electrons. The molecule has 0 unspecified atom stereocenters. The fraction of sp³-hybridized carbons (Fsp3) is 0.125. The SMILES string of the molecule is N#Cc1ccccc1NC(=O)CCS(=O)(=O)c1ccc(Cl)c(Cl)c1. The second-order valence-electron chi connectivity index (χ2n) is 4.85. The number of nitriles is 1. The van der Waals surface area contributed by atoms with Gasteiger partial charge >= 0.3 is 0 Å². The molecule has 1 N–H and O–H groups in total. The molecule has 2 rings (SSSR count). The van der Waals surface area contributed by atoms with Crippen LogP contribution in [0.25, 0.3) is 0 Å². The first kappa shape index (κ1) is 18.3. The number of nitrogens with one attached hydrogen (secondary N) is 1. The average molecular weight is 383 g/mol. The normalized spacial score (nSPS) is 10.9. The highest BCUT2D eigenvalue weighted by Crippen LogP contribution is 2.25. The maximum absolute atomic E-state index is 12.2. The van der Waals surface area contributed by atoms with Gasteiger partial charge < -0.3 is 5.32 Å². The van der Waals surface area contributed by atoms with Crippen molar-refractivity contribution < 1.29 is 13.2 Å². The molecule has 0 aromatic heterocycles. The Kier molecular flexibility index (Phi) is 5.84. The van der Waals surface area contributed by atoms with E-state index in [4.69, 9.17) is 28.5 Å². The first-order chi connectivity index (χ1) is 11.3. The van der Waals surface area contributed by atoms with Crippen molar-refractivity contribution in [2.24, 2.45) is 0 Å². The number of carbonyl (C=O) groups excluding carboxylic acids is 1. The molecule has 0 saturated heterocycles. The van der Waals surface area contributed by atoms with Gasteiger partial charge in [-0.1, -0.05) is 35.3 Å². The van der Waals surface area contributed by atoms with Crippen LogP contribution in [0.15, 0.2) is 47.4 Å². The van der Waals surface area contributed by atoms with Crippen LogP contribution in [-0.2, 0) is 14.6 Å². The lowest BCUT2D eigenvalue weighted by atomic mass is 10.2. The molecule has 0 heterocycles. The number of rotatable bonds is 5. The van der Waals surface area contributed by atoms with E-state index in [1.54, 1.807) is 24.3 Å². The van der Waals surface area contributed by atoms with Crippen molar-refractivity contribution in [3.05, 3.63) is 58.1 Å². The summed E-state index contributed by atoms with van der Waals surface area (Å²) in [4.78, 5) is 11.9. The van der Waals surface area contributed by atoms with E-state index in [0.717, 1.165) is 0 Å². The minimum Gasteiger partial charge on any atom is -0.325 e. The van der Waals surface area contributed by atoms with Crippen LogP contribution in [0, 0.1) is 11.3 Å².